The number of fused-ring (bicyclic) bond motifs is 1. The van der Waals surface area contributed by atoms with Crippen LogP contribution in [-0.2, 0) is 14.8 Å². The van der Waals surface area contributed by atoms with E-state index in [0.717, 1.165) is 5.56 Å². The van der Waals surface area contributed by atoms with Crippen molar-refractivity contribution in [1.29, 1.82) is 0 Å². The first-order valence-electron chi connectivity index (χ1n) is 10.6. The van der Waals surface area contributed by atoms with Crippen LogP contribution in [0.2, 0.25) is 0 Å². The Morgan fingerprint density at radius 1 is 1.09 bits per heavy atom. The van der Waals surface area contributed by atoms with E-state index in [1.807, 2.05) is 6.92 Å². The van der Waals surface area contributed by atoms with E-state index in [9.17, 15) is 18.0 Å². The Kier molecular flexibility index (Phi) is 7.69. The van der Waals surface area contributed by atoms with Crippen molar-refractivity contribution in [3.05, 3.63) is 70.1 Å². The molecule has 11 heteroatoms. The van der Waals surface area contributed by atoms with Gasteiger partial charge in [-0.3, -0.25) is 9.79 Å². The molecule has 10 nitrogen and oxygen atoms in total. The number of aryl methyl sites for hydroxylation is 2. The molecule has 6 N–H and O–H groups in total. The smallest absolute Gasteiger partial charge is 0.360 e. The van der Waals surface area contributed by atoms with Crippen LogP contribution < -0.4 is 27.1 Å². The molecule has 0 aliphatic heterocycles. The molecule has 0 saturated carbocycles. The molecule has 180 valence electrons. The molecule has 0 fully saturated rings. The monoisotopic (exact) mass is 485 g/mol. The van der Waals surface area contributed by atoms with E-state index < -0.39 is 27.6 Å². The number of nitrogens with zero attached hydrogens (tertiary/aromatic N) is 1. The van der Waals surface area contributed by atoms with E-state index in [0.29, 0.717) is 23.0 Å². The Hall–Kier alpha value is -3.70. The van der Waals surface area contributed by atoms with Gasteiger partial charge >= 0.3 is 5.63 Å². The molecule has 0 bridgehead atoms. The Morgan fingerprint density at radius 3 is 2.44 bits per heavy atom. The number of nitrogens with one attached hydrogen (secondary N) is 2. The zero-order valence-electron chi connectivity index (χ0n) is 18.9. The van der Waals surface area contributed by atoms with Gasteiger partial charge in [0, 0.05) is 11.9 Å². The number of anilines is 1. The first-order chi connectivity index (χ1) is 16.1. The highest BCUT2D eigenvalue weighted by Gasteiger charge is 2.27. The average molecular weight is 486 g/mol. The van der Waals surface area contributed by atoms with Crippen LogP contribution in [0.15, 0.2) is 67.6 Å². The first-order valence-corrected chi connectivity index (χ1v) is 12.0. The van der Waals surface area contributed by atoms with Gasteiger partial charge in [-0.05, 0) is 50.5 Å². The van der Waals surface area contributed by atoms with Crippen LogP contribution in [0.25, 0.3) is 11.0 Å². The molecule has 0 unspecified atom stereocenters. The largest absolute Gasteiger partial charge is 0.421 e. The first kappa shape index (κ1) is 24.9. The van der Waals surface area contributed by atoms with Gasteiger partial charge in [0.1, 0.15) is 17.3 Å². The topological polar surface area (TPSA) is 170 Å². The zero-order chi connectivity index (χ0) is 24.9. The van der Waals surface area contributed by atoms with Gasteiger partial charge < -0.3 is 21.2 Å². The van der Waals surface area contributed by atoms with Crippen molar-refractivity contribution in [1.82, 2.24) is 4.72 Å². The lowest BCUT2D eigenvalue weighted by Gasteiger charge is -2.19. The molecule has 0 spiro atoms. The van der Waals surface area contributed by atoms with Gasteiger partial charge in [-0.2, -0.15) is 4.72 Å². The lowest BCUT2D eigenvalue weighted by atomic mass is 10.1. The van der Waals surface area contributed by atoms with E-state index in [2.05, 4.69) is 15.0 Å². The van der Waals surface area contributed by atoms with Gasteiger partial charge in [0.25, 0.3) is 0 Å². The van der Waals surface area contributed by atoms with E-state index in [1.165, 1.54) is 12.1 Å². The molecule has 1 amide bonds. The number of hydrogen-bond donors (Lipinski definition) is 4. The highest BCUT2D eigenvalue weighted by molar-refractivity contribution is 7.89. The summed E-state index contributed by atoms with van der Waals surface area (Å²) < 4.78 is 33.6. The number of hydrogen-bond acceptors (Lipinski definition) is 6. The normalized spacial score (nSPS) is 12.3. The zero-order valence-corrected chi connectivity index (χ0v) is 19.7. The fraction of sp³-hybridized carbons (Fsp3) is 0.261. The van der Waals surface area contributed by atoms with Crippen LogP contribution in [0.1, 0.15) is 24.0 Å². The van der Waals surface area contributed by atoms with Crippen LogP contribution >= 0.6 is 0 Å². The van der Waals surface area contributed by atoms with Crippen LogP contribution in [0.5, 0.6) is 0 Å². The Morgan fingerprint density at radius 2 is 1.76 bits per heavy atom. The third-order valence-corrected chi connectivity index (χ3v) is 6.70. The van der Waals surface area contributed by atoms with E-state index in [1.54, 1.807) is 43.3 Å². The summed E-state index contributed by atoms with van der Waals surface area (Å²) in [5, 5.41) is 3.20. The third-order valence-electron chi connectivity index (χ3n) is 5.21. The molecule has 1 heterocycles. The summed E-state index contributed by atoms with van der Waals surface area (Å²) in [6.07, 6.45) is 0.406. The Bertz CT molecular complexity index is 1380. The summed E-state index contributed by atoms with van der Waals surface area (Å²) in [7, 11) is -4.02. The molecule has 0 saturated heterocycles. The number of nitrogens with two attached hydrogens (primary N) is 2. The average Bonchev–Trinajstić information content (AvgIpc) is 2.78. The van der Waals surface area contributed by atoms with Crippen molar-refractivity contribution < 1.29 is 17.6 Å². The number of rotatable bonds is 9. The number of amides is 1. The van der Waals surface area contributed by atoms with E-state index in [4.69, 9.17) is 15.9 Å². The fourth-order valence-electron chi connectivity index (χ4n) is 3.38. The highest BCUT2D eigenvalue weighted by atomic mass is 32.2. The quantitative estimate of drug-likeness (QED) is 0.155. The number of carbonyl (C=O) groups excluding carboxylic acids is 1. The third kappa shape index (κ3) is 6.00. The molecule has 1 aromatic heterocycles. The van der Waals surface area contributed by atoms with Crippen molar-refractivity contribution in [2.45, 2.75) is 37.6 Å². The summed E-state index contributed by atoms with van der Waals surface area (Å²) in [6, 6.07) is 12.0. The van der Waals surface area contributed by atoms with E-state index in [-0.39, 0.29) is 29.5 Å². The molecule has 2 aromatic carbocycles. The van der Waals surface area contributed by atoms with Gasteiger partial charge in [0.2, 0.25) is 15.9 Å². The molecular formula is C23H27N5O5S. The summed E-state index contributed by atoms with van der Waals surface area (Å²) >= 11 is 0. The second-order valence-corrected chi connectivity index (χ2v) is 9.52. The molecule has 0 radical (unpaired) electrons. The summed E-state index contributed by atoms with van der Waals surface area (Å²) in [6.45, 7) is 3.72. The molecule has 0 aliphatic rings. The predicted molar refractivity (Wildman–Crippen MR) is 131 cm³/mol. The Labute approximate surface area is 197 Å². The number of benzene rings is 2. The number of para-hydroxylation sites is 1. The van der Waals surface area contributed by atoms with Crippen LogP contribution in [0.4, 0.5) is 5.69 Å². The SMILES string of the molecule is Cc1ccc(S(=O)(=O)N[C@@H](CCCN=C(N)N)C(=O)Nc2c(C)c3ccccc3oc2=O)cc1. The number of sulfonamides is 1. The predicted octanol–water partition coefficient (Wildman–Crippen LogP) is 1.75. The standard InChI is InChI=1S/C23H27N5O5S/c1-14-9-11-16(12-10-14)34(31,32)28-18(7-5-13-26-23(24)25)21(29)27-20-15(2)17-6-3-4-8-19(17)33-22(20)30/h3-4,6,8-12,18,28H,5,7,13H2,1-2H3,(H,27,29)(H4,24,25,26)/t18-/m0/s1. The second-order valence-electron chi connectivity index (χ2n) is 7.81. The van der Waals surface area contributed by atoms with Crippen LogP contribution in [0, 0.1) is 13.8 Å². The van der Waals surface area contributed by atoms with Crippen molar-refractivity contribution in [2.24, 2.45) is 16.5 Å². The lowest BCUT2D eigenvalue weighted by molar-refractivity contribution is -0.117. The van der Waals surface area contributed by atoms with Crippen LogP contribution in [0.3, 0.4) is 0 Å². The molecule has 1 atom stereocenters. The minimum atomic E-state index is -4.02. The minimum Gasteiger partial charge on any atom is -0.421 e. The summed E-state index contributed by atoms with van der Waals surface area (Å²) in [4.78, 5) is 29.5. The number of carbonyl (C=O) groups is 1. The molecule has 3 aromatic rings. The van der Waals surface area contributed by atoms with E-state index >= 15 is 0 Å². The maximum absolute atomic E-state index is 13.1. The van der Waals surface area contributed by atoms with Crippen LogP contribution in [-0.4, -0.2) is 32.9 Å². The van der Waals surface area contributed by atoms with Gasteiger partial charge in [0.15, 0.2) is 5.96 Å². The second kappa shape index (κ2) is 10.5. The number of guanidine groups is 1. The lowest BCUT2D eigenvalue weighted by Crippen LogP contribution is -2.44. The van der Waals surface area contributed by atoms with Gasteiger partial charge in [0.05, 0.1) is 4.90 Å². The fourth-order valence-corrected chi connectivity index (χ4v) is 4.61. The van der Waals surface area contributed by atoms with Crippen molar-refractivity contribution in [3.8, 4) is 0 Å². The summed E-state index contributed by atoms with van der Waals surface area (Å²) in [5.74, 6) is -0.809. The van der Waals surface area contributed by atoms with Crippen molar-refractivity contribution in [3.63, 3.8) is 0 Å². The van der Waals surface area contributed by atoms with Gasteiger partial charge in [-0.25, -0.2) is 13.2 Å². The maximum Gasteiger partial charge on any atom is 0.360 e. The summed E-state index contributed by atoms with van der Waals surface area (Å²) in [5.41, 5.74) is 11.7. The molecule has 34 heavy (non-hydrogen) atoms. The van der Waals surface area contributed by atoms with Crippen molar-refractivity contribution >= 4 is 38.5 Å². The number of aliphatic imine (C=N–C) groups is 1. The minimum absolute atomic E-state index is 0.0153. The molecular weight excluding hydrogens is 458 g/mol. The highest BCUT2D eigenvalue weighted by Crippen LogP contribution is 2.22. The van der Waals surface area contributed by atoms with Gasteiger partial charge in [-0.1, -0.05) is 35.9 Å². The maximum atomic E-state index is 13.1. The Balaban J connectivity index is 1.89. The molecule has 3 rings (SSSR count). The molecule has 0 aliphatic carbocycles. The van der Waals surface area contributed by atoms with Gasteiger partial charge in [-0.15, -0.1) is 0 Å². The van der Waals surface area contributed by atoms with Crippen molar-refractivity contribution in [2.75, 3.05) is 11.9 Å².